The lowest BCUT2D eigenvalue weighted by molar-refractivity contribution is -0.132. The molecule has 0 aliphatic carbocycles. The molecule has 1 saturated heterocycles. The Morgan fingerprint density at radius 3 is 2.35 bits per heavy atom. The van der Waals surface area contributed by atoms with Gasteiger partial charge in [-0.05, 0) is 53.8 Å². The molecule has 2 heterocycles. The number of hydrogen-bond donors (Lipinski definition) is 1. The van der Waals surface area contributed by atoms with Crippen molar-refractivity contribution in [1.29, 1.82) is 0 Å². The molecular formula is C27H24F2N2O3. The average Bonchev–Trinajstić information content (AvgIpc) is 3.06. The van der Waals surface area contributed by atoms with Crippen molar-refractivity contribution in [2.45, 2.75) is 39.2 Å². The quantitative estimate of drug-likeness (QED) is 0.313. The largest absolute Gasteiger partial charge is 0.507 e. The summed E-state index contributed by atoms with van der Waals surface area (Å²) >= 11 is 0. The second-order valence-electron chi connectivity index (χ2n) is 9.30. The van der Waals surface area contributed by atoms with Crippen molar-refractivity contribution < 1.29 is 23.5 Å². The summed E-state index contributed by atoms with van der Waals surface area (Å²) < 4.78 is 27.6. The zero-order chi connectivity index (χ0) is 24.8. The first-order chi connectivity index (χ1) is 16.0. The Hall–Kier alpha value is -3.87. The van der Waals surface area contributed by atoms with E-state index in [9.17, 15) is 23.5 Å². The summed E-state index contributed by atoms with van der Waals surface area (Å²) in [6.45, 7) is 7.87. The van der Waals surface area contributed by atoms with E-state index in [1.807, 2.05) is 32.9 Å². The summed E-state index contributed by atoms with van der Waals surface area (Å²) in [5.41, 5.74) is 1.96. The molecule has 1 fully saturated rings. The van der Waals surface area contributed by atoms with Gasteiger partial charge in [-0.2, -0.15) is 0 Å². The van der Waals surface area contributed by atoms with Crippen LogP contribution in [0.5, 0.6) is 0 Å². The molecule has 1 aliphatic heterocycles. The second-order valence-corrected chi connectivity index (χ2v) is 9.30. The van der Waals surface area contributed by atoms with E-state index < -0.39 is 29.4 Å². The van der Waals surface area contributed by atoms with Crippen LogP contribution < -0.4 is 4.90 Å². The van der Waals surface area contributed by atoms with E-state index in [0.717, 1.165) is 22.6 Å². The van der Waals surface area contributed by atoms with E-state index in [2.05, 4.69) is 4.98 Å². The van der Waals surface area contributed by atoms with Crippen LogP contribution in [0.3, 0.4) is 0 Å². The van der Waals surface area contributed by atoms with Crippen LogP contribution in [0, 0.1) is 18.6 Å². The van der Waals surface area contributed by atoms with Crippen molar-refractivity contribution in [3.63, 3.8) is 0 Å². The van der Waals surface area contributed by atoms with E-state index >= 15 is 0 Å². The molecule has 3 aromatic rings. The SMILES string of the molecule is Cc1ccc(C(C)(C)C)cc1/C(O)=C1\C(=O)C(=O)N(c2ccc(F)c(F)c2)C1c1ccccn1. The smallest absolute Gasteiger partial charge is 0.300 e. The molecule has 0 radical (unpaired) electrons. The van der Waals surface area contributed by atoms with E-state index in [-0.39, 0.29) is 22.4 Å². The Morgan fingerprint density at radius 1 is 1.00 bits per heavy atom. The fraction of sp³-hybridized carbons (Fsp3) is 0.222. The van der Waals surface area contributed by atoms with Crippen molar-refractivity contribution in [2.24, 2.45) is 0 Å². The number of pyridine rings is 1. The average molecular weight is 462 g/mol. The van der Waals surface area contributed by atoms with Gasteiger partial charge < -0.3 is 5.11 Å². The van der Waals surface area contributed by atoms with Crippen LogP contribution >= 0.6 is 0 Å². The van der Waals surface area contributed by atoms with Crippen LogP contribution in [-0.4, -0.2) is 21.8 Å². The monoisotopic (exact) mass is 462 g/mol. The van der Waals surface area contributed by atoms with Gasteiger partial charge in [-0.3, -0.25) is 19.5 Å². The Balaban J connectivity index is 1.98. The first kappa shape index (κ1) is 23.3. The minimum absolute atomic E-state index is 0.0177. The number of aliphatic hydroxyl groups excluding tert-OH is 1. The molecule has 1 aromatic heterocycles. The first-order valence-corrected chi connectivity index (χ1v) is 10.8. The van der Waals surface area contributed by atoms with Gasteiger partial charge in [-0.1, -0.05) is 39.0 Å². The van der Waals surface area contributed by atoms with E-state index in [1.165, 1.54) is 12.3 Å². The van der Waals surface area contributed by atoms with Crippen molar-refractivity contribution in [1.82, 2.24) is 4.98 Å². The molecule has 0 bridgehead atoms. The predicted molar refractivity (Wildman–Crippen MR) is 125 cm³/mol. The number of anilines is 1. The number of hydrogen-bond acceptors (Lipinski definition) is 4. The molecule has 1 unspecified atom stereocenters. The van der Waals surface area contributed by atoms with Crippen LogP contribution in [0.1, 0.15) is 49.2 Å². The molecule has 4 rings (SSSR count). The number of nitrogens with zero attached hydrogens (tertiary/aromatic N) is 2. The van der Waals surface area contributed by atoms with Crippen LogP contribution in [0.4, 0.5) is 14.5 Å². The maximum absolute atomic E-state index is 14.0. The summed E-state index contributed by atoms with van der Waals surface area (Å²) in [6.07, 6.45) is 1.49. The maximum Gasteiger partial charge on any atom is 0.300 e. The Bertz CT molecular complexity index is 1330. The summed E-state index contributed by atoms with van der Waals surface area (Å²) in [6, 6.07) is 12.4. The van der Waals surface area contributed by atoms with Crippen LogP contribution in [-0.2, 0) is 15.0 Å². The van der Waals surface area contributed by atoms with E-state index in [0.29, 0.717) is 16.8 Å². The third-order valence-corrected chi connectivity index (χ3v) is 5.95. The van der Waals surface area contributed by atoms with Crippen molar-refractivity contribution in [3.05, 3.63) is 100 Å². The third-order valence-electron chi connectivity index (χ3n) is 5.95. The number of rotatable bonds is 3. The molecule has 1 amide bonds. The van der Waals surface area contributed by atoms with Gasteiger partial charge in [0, 0.05) is 23.5 Å². The molecule has 174 valence electrons. The highest BCUT2D eigenvalue weighted by atomic mass is 19.2. The lowest BCUT2D eigenvalue weighted by Crippen LogP contribution is -2.30. The van der Waals surface area contributed by atoms with Gasteiger partial charge in [0.05, 0.1) is 11.3 Å². The van der Waals surface area contributed by atoms with E-state index in [1.54, 1.807) is 31.2 Å². The van der Waals surface area contributed by atoms with Gasteiger partial charge in [0.2, 0.25) is 0 Å². The number of Topliss-reactive ketones (excluding diaryl/α,β-unsaturated/α-hetero) is 1. The number of amides is 1. The number of aryl methyl sites for hydroxylation is 1. The zero-order valence-corrected chi connectivity index (χ0v) is 19.3. The fourth-order valence-electron chi connectivity index (χ4n) is 4.04. The summed E-state index contributed by atoms with van der Waals surface area (Å²) in [4.78, 5) is 31.7. The molecular weight excluding hydrogens is 438 g/mol. The molecule has 0 saturated carbocycles. The number of aliphatic hydroxyl groups is 1. The second kappa shape index (κ2) is 8.48. The van der Waals surface area contributed by atoms with Gasteiger partial charge in [0.25, 0.3) is 11.7 Å². The van der Waals surface area contributed by atoms with Crippen molar-refractivity contribution in [3.8, 4) is 0 Å². The Kier molecular flexibility index (Phi) is 5.81. The highest BCUT2D eigenvalue weighted by Gasteiger charge is 2.48. The van der Waals surface area contributed by atoms with E-state index in [4.69, 9.17) is 0 Å². The standard InChI is InChI=1S/C27H24F2N2O3/c1-15-8-9-16(27(2,3)4)13-18(15)24(32)22-23(21-7-5-6-12-30-21)31(26(34)25(22)33)17-10-11-19(28)20(29)14-17/h5-14,23,32H,1-4H3/b24-22+. The number of ketones is 1. The number of benzene rings is 2. The predicted octanol–water partition coefficient (Wildman–Crippen LogP) is 5.59. The van der Waals surface area contributed by atoms with Gasteiger partial charge in [-0.25, -0.2) is 8.78 Å². The number of carbonyl (C=O) groups is 2. The third kappa shape index (κ3) is 3.98. The number of carbonyl (C=O) groups excluding carboxylic acids is 2. The first-order valence-electron chi connectivity index (χ1n) is 10.8. The summed E-state index contributed by atoms with van der Waals surface area (Å²) in [7, 11) is 0. The van der Waals surface area contributed by atoms with Crippen LogP contribution in [0.2, 0.25) is 0 Å². The summed E-state index contributed by atoms with van der Waals surface area (Å²) in [5.74, 6) is -4.48. The number of aromatic nitrogens is 1. The normalized spacial score (nSPS) is 17.9. The van der Waals surface area contributed by atoms with Crippen molar-refractivity contribution in [2.75, 3.05) is 4.90 Å². The molecule has 0 spiro atoms. The minimum Gasteiger partial charge on any atom is -0.507 e. The fourth-order valence-corrected chi connectivity index (χ4v) is 4.04. The van der Waals surface area contributed by atoms with Gasteiger partial charge >= 0.3 is 0 Å². The van der Waals surface area contributed by atoms with Gasteiger partial charge in [0.15, 0.2) is 11.6 Å². The van der Waals surface area contributed by atoms with Crippen molar-refractivity contribution >= 4 is 23.1 Å². The zero-order valence-electron chi connectivity index (χ0n) is 19.3. The van der Waals surface area contributed by atoms with Gasteiger partial charge in [-0.15, -0.1) is 0 Å². The topological polar surface area (TPSA) is 70.5 Å². The molecule has 7 heteroatoms. The molecule has 1 N–H and O–H groups in total. The van der Waals surface area contributed by atoms with Crippen LogP contribution in [0.25, 0.3) is 5.76 Å². The van der Waals surface area contributed by atoms with Crippen LogP contribution in [0.15, 0.2) is 66.4 Å². The summed E-state index contributed by atoms with van der Waals surface area (Å²) in [5, 5.41) is 11.4. The minimum atomic E-state index is -1.16. The van der Waals surface area contributed by atoms with Gasteiger partial charge in [0.1, 0.15) is 11.8 Å². The maximum atomic E-state index is 14.0. The Labute approximate surface area is 196 Å². The number of halogens is 2. The molecule has 1 aliphatic rings. The lowest BCUT2D eigenvalue weighted by atomic mass is 9.84. The highest BCUT2D eigenvalue weighted by molar-refractivity contribution is 6.51. The highest BCUT2D eigenvalue weighted by Crippen LogP contribution is 2.42. The Morgan fingerprint density at radius 2 is 1.74 bits per heavy atom. The lowest BCUT2D eigenvalue weighted by Gasteiger charge is -2.25. The molecule has 2 aromatic carbocycles. The molecule has 5 nitrogen and oxygen atoms in total. The molecule has 1 atom stereocenters. The molecule has 34 heavy (non-hydrogen) atoms.